The standard InChI is InChI=1S/C17H19N5O/c1-12-18-9-14(21(12)2)11-22-6-5-15-13(10-22)8-19-17(20-15)16-4-3-7-23-16/h3-4,7-9H,5-6,10-11H2,1-2H3. The summed E-state index contributed by atoms with van der Waals surface area (Å²) in [6.45, 7) is 4.79. The molecule has 0 aliphatic carbocycles. The molecule has 4 rings (SSSR count). The minimum atomic E-state index is 0.671. The average Bonchev–Trinajstić information content (AvgIpc) is 3.20. The smallest absolute Gasteiger partial charge is 0.195 e. The largest absolute Gasteiger partial charge is 0.461 e. The second kappa shape index (κ2) is 5.62. The quantitative estimate of drug-likeness (QED) is 0.743. The zero-order chi connectivity index (χ0) is 15.8. The summed E-state index contributed by atoms with van der Waals surface area (Å²) in [5.41, 5.74) is 3.56. The van der Waals surface area contributed by atoms with Crippen molar-refractivity contribution in [1.82, 2.24) is 24.4 Å². The molecule has 3 aromatic heterocycles. The Labute approximate surface area is 134 Å². The minimum absolute atomic E-state index is 0.671. The van der Waals surface area contributed by atoms with Crippen LogP contribution >= 0.6 is 0 Å². The zero-order valence-electron chi connectivity index (χ0n) is 13.4. The number of imidazole rings is 1. The molecule has 0 unspecified atom stereocenters. The number of hydrogen-bond donors (Lipinski definition) is 0. The van der Waals surface area contributed by atoms with Gasteiger partial charge in [-0.3, -0.25) is 4.90 Å². The van der Waals surface area contributed by atoms with E-state index in [1.807, 2.05) is 31.5 Å². The van der Waals surface area contributed by atoms with Gasteiger partial charge in [-0.15, -0.1) is 0 Å². The first kappa shape index (κ1) is 14.1. The van der Waals surface area contributed by atoms with Crippen LogP contribution in [-0.4, -0.2) is 31.0 Å². The van der Waals surface area contributed by atoms with Gasteiger partial charge >= 0.3 is 0 Å². The van der Waals surface area contributed by atoms with Gasteiger partial charge in [0.2, 0.25) is 0 Å². The summed E-state index contributed by atoms with van der Waals surface area (Å²) in [5, 5.41) is 0. The molecule has 6 heteroatoms. The predicted octanol–water partition coefficient (Wildman–Crippen LogP) is 2.34. The van der Waals surface area contributed by atoms with Gasteiger partial charge in [0.15, 0.2) is 11.6 Å². The first-order chi connectivity index (χ1) is 11.2. The second-order valence-corrected chi connectivity index (χ2v) is 5.96. The van der Waals surface area contributed by atoms with Gasteiger partial charge in [-0.1, -0.05) is 0 Å². The van der Waals surface area contributed by atoms with E-state index in [9.17, 15) is 0 Å². The lowest BCUT2D eigenvalue weighted by atomic mass is 10.1. The van der Waals surface area contributed by atoms with Crippen LogP contribution in [0.5, 0.6) is 0 Å². The van der Waals surface area contributed by atoms with Crippen molar-refractivity contribution in [1.29, 1.82) is 0 Å². The van der Waals surface area contributed by atoms with Crippen LogP contribution in [0.3, 0.4) is 0 Å². The maximum absolute atomic E-state index is 5.38. The molecule has 0 atom stereocenters. The Hall–Kier alpha value is -2.47. The molecule has 0 radical (unpaired) electrons. The Morgan fingerprint density at radius 2 is 2.17 bits per heavy atom. The summed E-state index contributed by atoms with van der Waals surface area (Å²) in [5.74, 6) is 2.44. The Balaban J connectivity index is 1.52. The van der Waals surface area contributed by atoms with Crippen molar-refractivity contribution in [2.45, 2.75) is 26.4 Å². The van der Waals surface area contributed by atoms with Crippen LogP contribution < -0.4 is 0 Å². The van der Waals surface area contributed by atoms with E-state index in [0.717, 1.165) is 43.3 Å². The second-order valence-electron chi connectivity index (χ2n) is 5.96. The van der Waals surface area contributed by atoms with Gasteiger partial charge in [-0.25, -0.2) is 15.0 Å². The summed E-state index contributed by atoms with van der Waals surface area (Å²) in [4.78, 5) is 15.9. The molecule has 0 saturated heterocycles. The SMILES string of the molecule is Cc1ncc(CN2CCc3nc(-c4ccco4)ncc3C2)n1C. The first-order valence-electron chi connectivity index (χ1n) is 7.79. The third kappa shape index (κ3) is 2.66. The van der Waals surface area contributed by atoms with E-state index in [2.05, 4.69) is 31.5 Å². The molecule has 0 bridgehead atoms. The summed E-state index contributed by atoms with van der Waals surface area (Å²) in [6.07, 6.45) is 6.47. The van der Waals surface area contributed by atoms with Gasteiger partial charge in [0, 0.05) is 51.1 Å². The molecule has 3 aromatic rings. The maximum atomic E-state index is 5.38. The van der Waals surface area contributed by atoms with Crippen LogP contribution in [-0.2, 0) is 26.6 Å². The van der Waals surface area contributed by atoms with Gasteiger partial charge in [0.1, 0.15) is 5.82 Å². The highest BCUT2D eigenvalue weighted by Crippen LogP contribution is 2.22. The van der Waals surface area contributed by atoms with Gasteiger partial charge in [-0.2, -0.15) is 0 Å². The highest BCUT2D eigenvalue weighted by atomic mass is 16.3. The molecule has 0 fully saturated rings. The van der Waals surface area contributed by atoms with E-state index in [0.29, 0.717) is 5.82 Å². The summed E-state index contributed by atoms with van der Waals surface area (Å²) < 4.78 is 7.53. The molecule has 1 aliphatic rings. The topological polar surface area (TPSA) is 60.0 Å². The fourth-order valence-corrected chi connectivity index (χ4v) is 2.96. The number of furan rings is 1. The van der Waals surface area contributed by atoms with Crippen molar-refractivity contribution < 1.29 is 4.42 Å². The van der Waals surface area contributed by atoms with Gasteiger partial charge < -0.3 is 8.98 Å². The highest BCUT2D eigenvalue weighted by molar-refractivity contribution is 5.46. The first-order valence-corrected chi connectivity index (χ1v) is 7.79. The van der Waals surface area contributed by atoms with E-state index >= 15 is 0 Å². The molecule has 4 heterocycles. The molecule has 0 amide bonds. The third-order valence-electron chi connectivity index (χ3n) is 4.46. The van der Waals surface area contributed by atoms with Crippen molar-refractivity contribution >= 4 is 0 Å². The van der Waals surface area contributed by atoms with Crippen molar-refractivity contribution in [3.05, 3.63) is 53.6 Å². The Morgan fingerprint density at radius 1 is 1.26 bits per heavy atom. The van der Waals surface area contributed by atoms with Crippen LogP contribution in [0.15, 0.2) is 35.2 Å². The summed E-state index contributed by atoms with van der Waals surface area (Å²) in [7, 11) is 2.06. The summed E-state index contributed by atoms with van der Waals surface area (Å²) >= 11 is 0. The molecule has 118 valence electrons. The zero-order valence-corrected chi connectivity index (χ0v) is 13.4. The van der Waals surface area contributed by atoms with Crippen LogP contribution in [0.4, 0.5) is 0 Å². The molecule has 0 saturated carbocycles. The lowest BCUT2D eigenvalue weighted by Gasteiger charge is -2.27. The summed E-state index contributed by atoms with van der Waals surface area (Å²) in [6, 6.07) is 3.75. The molecule has 23 heavy (non-hydrogen) atoms. The molecule has 1 aliphatic heterocycles. The van der Waals surface area contributed by atoms with Crippen LogP contribution in [0.1, 0.15) is 22.8 Å². The monoisotopic (exact) mass is 309 g/mol. The normalized spacial score (nSPS) is 14.9. The Morgan fingerprint density at radius 3 is 2.91 bits per heavy atom. The van der Waals surface area contributed by atoms with E-state index in [1.54, 1.807) is 6.26 Å². The van der Waals surface area contributed by atoms with E-state index in [4.69, 9.17) is 4.42 Å². The number of aryl methyl sites for hydroxylation is 1. The maximum Gasteiger partial charge on any atom is 0.195 e. The number of hydrogen-bond acceptors (Lipinski definition) is 5. The third-order valence-corrected chi connectivity index (χ3v) is 4.46. The highest BCUT2D eigenvalue weighted by Gasteiger charge is 2.20. The number of aromatic nitrogens is 4. The lowest BCUT2D eigenvalue weighted by molar-refractivity contribution is 0.237. The van der Waals surface area contributed by atoms with Crippen molar-refractivity contribution in [3.63, 3.8) is 0 Å². The Kier molecular flexibility index (Phi) is 3.46. The molecular weight excluding hydrogens is 290 g/mol. The number of fused-ring (bicyclic) bond motifs is 1. The van der Waals surface area contributed by atoms with Crippen molar-refractivity contribution in [2.75, 3.05) is 6.54 Å². The van der Waals surface area contributed by atoms with Crippen LogP contribution in [0, 0.1) is 6.92 Å². The molecular formula is C17H19N5O. The average molecular weight is 309 g/mol. The Bertz CT molecular complexity index is 822. The number of rotatable bonds is 3. The van der Waals surface area contributed by atoms with Crippen molar-refractivity contribution in [2.24, 2.45) is 7.05 Å². The molecule has 0 aromatic carbocycles. The lowest BCUT2D eigenvalue weighted by Crippen LogP contribution is -2.31. The van der Waals surface area contributed by atoms with Gasteiger partial charge in [0.25, 0.3) is 0 Å². The van der Waals surface area contributed by atoms with E-state index in [1.165, 1.54) is 11.3 Å². The minimum Gasteiger partial charge on any atom is -0.461 e. The van der Waals surface area contributed by atoms with E-state index < -0.39 is 0 Å². The molecule has 6 nitrogen and oxygen atoms in total. The van der Waals surface area contributed by atoms with Gasteiger partial charge in [0.05, 0.1) is 17.7 Å². The van der Waals surface area contributed by atoms with Crippen LogP contribution in [0.25, 0.3) is 11.6 Å². The predicted molar refractivity (Wildman–Crippen MR) is 85.5 cm³/mol. The van der Waals surface area contributed by atoms with E-state index in [-0.39, 0.29) is 0 Å². The fourth-order valence-electron chi connectivity index (χ4n) is 2.96. The number of nitrogens with zero attached hydrogens (tertiary/aromatic N) is 5. The van der Waals surface area contributed by atoms with Crippen LogP contribution in [0.2, 0.25) is 0 Å². The van der Waals surface area contributed by atoms with Crippen molar-refractivity contribution in [3.8, 4) is 11.6 Å². The molecule has 0 spiro atoms. The molecule has 0 N–H and O–H groups in total. The fraction of sp³-hybridized carbons (Fsp3) is 0.353. The van der Waals surface area contributed by atoms with Gasteiger partial charge in [-0.05, 0) is 19.1 Å².